The lowest BCUT2D eigenvalue weighted by atomic mass is 9.99. The Kier molecular flexibility index (Phi) is 4.97. The van der Waals surface area contributed by atoms with Crippen molar-refractivity contribution >= 4 is 5.91 Å². The first kappa shape index (κ1) is 14.1. The Bertz CT molecular complexity index is 396. The Morgan fingerprint density at radius 1 is 1.32 bits per heavy atom. The zero-order valence-electron chi connectivity index (χ0n) is 11.9. The second-order valence-electron chi connectivity index (χ2n) is 5.32. The minimum Gasteiger partial charge on any atom is -0.343 e. The molecule has 1 aromatic carbocycles. The van der Waals surface area contributed by atoms with Crippen LogP contribution < -0.4 is 5.32 Å². The summed E-state index contributed by atoms with van der Waals surface area (Å²) in [5.74, 6) is 0.202. The van der Waals surface area contributed by atoms with Gasteiger partial charge in [0.25, 0.3) is 0 Å². The molecule has 1 unspecified atom stereocenters. The van der Waals surface area contributed by atoms with Crippen molar-refractivity contribution in [1.29, 1.82) is 0 Å². The Balaban J connectivity index is 1.89. The number of hydrogen-bond donors (Lipinski definition) is 1. The van der Waals surface area contributed by atoms with E-state index in [1.165, 1.54) is 5.56 Å². The number of piperidine rings is 1. The SMILES string of the molecule is CCC(NC1CCN(C(C)=O)CC1)c1ccccc1. The van der Waals surface area contributed by atoms with Crippen LogP contribution in [0.5, 0.6) is 0 Å². The predicted octanol–water partition coefficient (Wildman–Crippen LogP) is 2.74. The number of rotatable bonds is 4. The molecule has 0 aliphatic carbocycles. The molecule has 1 fully saturated rings. The minimum absolute atomic E-state index is 0.202. The first-order chi connectivity index (χ1) is 9.20. The van der Waals surface area contributed by atoms with Gasteiger partial charge in [0.15, 0.2) is 0 Å². The normalized spacial score (nSPS) is 18.3. The highest BCUT2D eigenvalue weighted by molar-refractivity contribution is 5.73. The third kappa shape index (κ3) is 3.80. The van der Waals surface area contributed by atoms with Gasteiger partial charge in [-0.2, -0.15) is 0 Å². The molecule has 1 amide bonds. The standard InChI is InChI=1S/C16H24N2O/c1-3-16(14-7-5-4-6-8-14)17-15-9-11-18(12-10-15)13(2)19/h4-8,15-17H,3,9-12H2,1-2H3. The van der Waals surface area contributed by atoms with Crippen LogP contribution in [-0.2, 0) is 4.79 Å². The highest BCUT2D eigenvalue weighted by Crippen LogP contribution is 2.20. The van der Waals surface area contributed by atoms with Crippen LogP contribution in [-0.4, -0.2) is 29.9 Å². The van der Waals surface area contributed by atoms with E-state index in [2.05, 4.69) is 42.6 Å². The fraction of sp³-hybridized carbons (Fsp3) is 0.562. The molecule has 0 saturated carbocycles. The summed E-state index contributed by atoms with van der Waals surface area (Å²) in [6.45, 7) is 5.65. The van der Waals surface area contributed by atoms with Crippen molar-refractivity contribution in [3.8, 4) is 0 Å². The number of hydrogen-bond acceptors (Lipinski definition) is 2. The Labute approximate surface area is 116 Å². The fourth-order valence-corrected chi connectivity index (χ4v) is 2.78. The maximum Gasteiger partial charge on any atom is 0.219 e. The van der Waals surface area contributed by atoms with Crippen LogP contribution in [0.3, 0.4) is 0 Å². The second-order valence-corrected chi connectivity index (χ2v) is 5.32. The minimum atomic E-state index is 0.202. The Morgan fingerprint density at radius 2 is 1.95 bits per heavy atom. The molecule has 0 radical (unpaired) electrons. The van der Waals surface area contributed by atoms with Crippen molar-refractivity contribution in [2.24, 2.45) is 0 Å². The number of benzene rings is 1. The van der Waals surface area contributed by atoms with Crippen LogP contribution in [0, 0.1) is 0 Å². The quantitative estimate of drug-likeness (QED) is 0.903. The van der Waals surface area contributed by atoms with E-state index < -0.39 is 0 Å². The second kappa shape index (κ2) is 6.71. The number of nitrogens with zero attached hydrogens (tertiary/aromatic N) is 1. The van der Waals surface area contributed by atoms with E-state index in [4.69, 9.17) is 0 Å². The highest BCUT2D eigenvalue weighted by atomic mass is 16.2. The van der Waals surface area contributed by atoms with Crippen LogP contribution in [0.2, 0.25) is 0 Å². The molecule has 1 aliphatic heterocycles. The molecule has 1 saturated heterocycles. The van der Waals surface area contributed by atoms with Crippen molar-refractivity contribution in [3.05, 3.63) is 35.9 Å². The zero-order valence-corrected chi connectivity index (χ0v) is 11.9. The van der Waals surface area contributed by atoms with Gasteiger partial charge in [0.05, 0.1) is 0 Å². The van der Waals surface area contributed by atoms with Gasteiger partial charge in [-0.15, -0.1) is 0 Å². The molecule has 0 aromatic heterocycles. The van der Waals surface area contributed by atoms with Crippen LogP contribution in [0.4, 0.5) is 0 Å². The molecule has 1 heterocycles. The van der Waals surface area contributed by atoms with Gasteiger partial charge in [-0.3, -0.25) is 4.79 Å². The van der Waals surface area contributed by atoms with Crippen molar-refractivity contribution in [2.75, 3.05) is 13.1 Å². The average molecular weight is 260 g/mol. The van der Waals surface area contributed by atoms with E-state index in [0.29, 0.717) is 12.1 Å². The molecule has 3 nitrogen and oxygen atoms in total. The molecule has 19 heavy (non-hydrogen) atoms. The van der Waals surface area contributed by atoms with E-state index in [0.717, 1.165) is 32.4 Å². The van der Waals surface area contributed by atoms with Gasteiger partial charge >= 0.3 is 0 Å². The molecule has 1 aromatic rings. The maximum atomic E-state index is 11.3. The van der Waals surface area contributed by atoms with Gasteiger partial charge in [-0.25, -0.2) is 0 Å². The molecule has 3 heteroatoms. The molecule has 0 spiro atoms. The molecule has 104 valence electrons. The molecule has 1 N–H and O–H groups in total. The molecule has 1 atom stereocenters. The maximum absolute atomic E-state index is 11.3. The first-order valence-corrected chi connectivity index (χ1v) is 7.27. The summed E-state index contributed by atoms with van der Waals surface area (Å²) in [7, 11) is 0. The number of carbonyl (C=O) groups excluding carboxylic acids is 1. The summed E-state index contributed by atoms with van der Waals surface area (Å²) in [6.07, 6.45) is 3.21. The van der Waals surface area contributed by atoms with Crippen molar-refractivity contribution in [1.82, 2.24) is 10.2 Å². The lowest BCUT2D eigenvalue weighted by Crippen LogP contribution is -2.45. The Morgan fingerprint density at radius 3 is 2.47 bits per heavy atom. The summed E-state index contributed by atoms with van der Waals surface area (Å²) in [5.41, 5.74) is 1.36. The largest absolute Gasteiger partial charge is 0.343 e. The average Bonchev–Trinajstić information content (AvgIpc) is 2.46. The van der Waals surface area contributed by atoms with Gasteiger partial charge in [0.1, 0.15) is 0 Å². The topological polar surface area (TPSA) is 32.3 Å². The highest BCUT2D eigenvalue weighted by Gasteiger charge is 2.22. The predicted molar refractivity (Wildman–Crippen MR) is 77.9 cm³/mol. The number of nitrogens with one attached hydrogen (secondary N) is 1. The van der Waals surface area contributed by atoms with Crippen LogP contribution >= 0.6 is 0 Å². The number of amides is 1. The van der Waals surface area contributed by atoms with Gasteiger partial charge in [0, 0.05) is 32.1 Å². The smallest absolute Gasteiger partial charge is 0.219 e. The zero-order chi connectivity index (χ0) is 13.7. The van der Waals surface area contributed by atoms with E-state index in [1.807, 2.05) is 4.90 Å². The van der Waals surface area contributed by atoms with E-state index in [-0.39, 0.29) is 5.91 Å². The molecule has 1 aliphatic rings. The van der Waals surface area contributed by atoms with E-state index in [1.54, 1.807) is 6.92 Å². The third-order valence-corrected chi connectivity index (χ3v) is 3.99. The molecule has 0 bridgehead atoms. The third-order valence-electron chi connectivity index (χ3n) is 3.99. The lowest BCUT2D eigenvalue weighted by molar-refractivity contribution is -0.129. The van der Waals surface area contributed by atoms with Gasteiger partial charge in [-0.1, -0.05) is 37.3 Å². The Hall–Kier alpha value is -1.35. The van der Waals surface area contributed by atoms with Gasteiger partial charge in [-0.05, 0) is 24.8 Å². The van der Waals surface area contributed by atoms with Crippen LogP contribution in [0.25, 0.3) is 0 Å². The number of likely N-dealkylation sites (tertiary alicyclic amines) is 1. The van der Waals surface area contributed by atoms with E-state index >= 15 is 0 Å². The van der Waals surface area contributed by atoms with Crippen molar-refractivity contribution in [3.63, 3.8) is 0 Å². The lowest BCUT2D eigenvalue weighted by Gasteiger charge is -2.34. The summed E-state index contributed by atoms with van der Waals surface area (Å²) in [6, 6.07) is 11.6. The van der Waals surface area contributed by atoms with Crippen molar-refractivity contribution in [2.45, 2.75) is 45.2 Å². The van der Waals surface area contributed by atoms with Crippen LogP contribution in [0.15, 0.2) is 30.3 Å². The molecule has 2 rings (SSSR count). The molecular formula is C16H24N2O. The van der Waals surface area contributed by atoms with E-state index in [9.17, 15) is 4.79 Å². The monoisotopic (exact) mass is 260 g/mol. The van der Waals surface area contributed by atoms with Gasteiger partial charge in [0.2, 0.25) is 5.91 Å². The fourth-order valence-electron chi connectivity index (χ4n) is 2.78. The summed E-state index contributed by atoms with van der Waals surface area (Å²) < 4.78 is 0. The van der Waals surface area contributed by atoms with Gasteiger partial charge < -0.3 is 10.2 Å². The summed E-state index contributed by atoms with van der Waals surface area (Å²) in [5, 5.41) is 3.74. The molecular weight excluding hydrogens is 236 g/mol. The first-order valence-electron chi connectivity index (χ1n) is 7.27. The summed E-state index contributed by atoms with van der Waals surface area (Å²) >= 11 is 0. The van der Waals surface area contributed by atoms with Crippen LogP contribution in [0.1, 0.15) is 44.7 Å². The van der Waals surface area contributed by atoms with Crippen molar-refractivity contribution < 1.29 is 4.79 Å². The summed E-state index contributed by atoms with van der Waals surface area (Å²) in [4.78, 5) is 13.3. The number of carbonyl (C=O) groups is 1.